The van der Waals surface area contributed by atoms with E-state index in [-0.39, 0.29) is 28.4 Å². The van der Waals surface area contributed by atoms with Crippen molar-refractivity contribution < 1.29 is 21.6 Å². The molecule has 2 aliphatic rings. The molecule has 158 valence electrons. The van der Waals surface area contributed by atoms with Crippen LogP contribution in [0.4, 0.5) is 0 Å². The Balaban J connectivity index is 1.93. The van der Waals surface area contributed by atoms with Crippen LogP contribution in [-0.4, -0.2) is 32.6 Å². The van der Waals surface area contributed by atoms with Gasteiger partial charge in [0, 0.05) is 12.3 Å². The summed E-state index contributed by atoms with van der Waals surface area (Å²) in [6.07, 6.45) is 1.51. The number of Topliss-reactive ketones (excluding diaryl/α,β-unsaturated/α-hetero) is 1. The molecule has 2 aromatic carbocycles. The highest BCUT2D eigenvalue weighted by Gasteiger charge is 2.65. The van der Waals surface area contributed by atoms with Crippen molar-refractivity contribution in [2.45, 2.75) is 51.9 Å². The number of carbonyl (C=O) groups is 1. The molecular formula is C23H24O5S2. The summed E-state index contributed by atoms with van der Waals surface area (Å²) in [5.41, 5.74) is 0.304. The van der Waals surface area contributed by atoms with E-state index in [2.05, 4.69) is 6.58 Å². The molecule has 7 heteroatoms. The lowest BCUT2D eigenvalue weighted by Crippen LogP contribution is -2.51. The van der Waals surface area contributed by atoms with Crippen LogP contribution in [0, 0.1) is 5.92 Å². The molecule has 0 bridgehead atoms. The average Bonchev–Trinajstić information content (AvgIpc) is 2.97. The Bertz CT molecular complexity index is 1180. The third-order valence-corrected chi connectivity index (χ3v) is 11.2. The molecule has 0 N–H and O–H groups in total. The first kappa shape index (κ1) is 21.0. The minimum Gasteiger partial charge on any atom is -0.298 e. The van der Waals surface area contributed by atoms with Crippen molar-refractivity contribution in [3.05, 3.63) is 72.8 Å². The number of hydrogen-bond acceptors (Lipinski definition) is 5. The fourth-order valence-corrected chi connectivity index (χ4v) is 9.70. The number of rotatable bonds is 4. The Kier molecular flexibility index (Phi) is 5.22. The van der Waals surface area contributed by atoms with E-state index in [0.29, 0.717) is 24.8 Å². The van der Waals surface area contributed by atoms with Crippen LogP contribution in [0.15, 0.2) is 82.6 Å². The summed E-state index contributed by atoms with van der Waals surface area (Å²) in [4.78, 5) is 13.6. The van der Waals surface area contributed by atoms with Gasteiger partial charge in [0.05, 0.1) is 15.0 Å². The fourth-order valence-electron chi connectivity index (χ4n) is 5.10. The lowest BCUT2D eigenvalue weighted by atomic mass is 9.89. The van der Waals surface area contributed by atoms with Crippen LogP contribution in [0.2, 0.25) is 0 Å². The molecular weight excluding hydrogens is 420 g/mol. The maximum Gasteiger partial charge on any atom is 0.191 e. The van der Waals surface area contributed by atoms with Crippen molar-refractivity contribution in [2.75, 3.05) is 0 Å². The van der Waals surface area contributed by atoms with Crippen LogP contribution in [-0.2, 0) is 24.5 Å². The molecule has 0 aromatic heterocycles. The van der Waals surface area contributed by atoms with Gasteiger partial charge in [0.2, 0.25) is 0 Å². The number of ketones is 1. The standard InChI is InChI=1S/C23H24O5S2/c1-17-16-23(30(27,28)19-12-6-3-7-13-19)20(14-8-9-15-21(23)24)22(17)29(25,26)18-10-4-2-5-11-18/h2-7,10-13,20,22H,1,8-9,14-16H2/t20-,22-,23+/m1/s1. The van der Waals surface area contributed by atoms with Crippen LogP contribution < -0.4 is 0 Å². The molecule has 2 saturated carbocycles. The highest BCUT2D eigenvalue weighted by molar-refractivity contribution is 7.94. The van der Waals surface area contributed by atoms with Gasteiger partial charge in [-0.3, -0.25) is 4.79 Å². The van der Waals surface area contributed by atoms with Gasteiger partial charge in [0.15, 0.2) is 25.5 Å². The largest absolute Gasteiger partial charge is 0.298 e. The Morgan fingerprint density at radius 2 is 1.40 bits per heavy atom. The van der Waals surface area contributed by atoms with Gasteiger partial charge in [0.25, 0.3) is 0 Å². The van der Waals surface area contributed by atoms with E-state index in [1.807, 2.05) is 0 Å². The minimum absolute atomic E-state index is 0.0517. The van der Waals surface area contributed by atoms with Crippen molar-refractivity contribution in [3.8, 4) is 0 Å². The molecule has 0 heterocycles. The van der Waals surface area contributed by atoms with Gasteiger partial charge in [-0.25, -0.2) is 16.8 Å². The van der Waals surface area contributed by atoms with E-state index in [1.165, 1.54) is 24.3 Å². The zero-order valence-electron chi connectivity index (χ0n) is 16.5. The fraction of sp³-hybridized carbons (Fsp3) is 0.348. The van der Waals surface area contributed by atoms with Gasteiger partial charge in [-0.15, -0.1) is 0 Å². The lowest BCUT2D eigenvalue weighted by Gasteiger charge is -2.33. The second-order valence-electron chi connectivity index (χ2n) is 8.10. The molecule has 2 aliphatic carbocycles. The molecule has 0 aliphatic heterocycles. The lowest BCUT2D eigenvalue weighted by molar-refractivity contribution is -0.122. The minimum atomic E-state index is -4.12. The highest BCUT2D eigenvalue weighted by atomic mass is 32.2. The van der Waals surface area contributed by atoms with E-state index >= 15 is 0 Å². The third-order valence-electron chi connectivity index (χ3n) is 6.44. The van der Waals surface area contributed by atoms with Gasteiger partial charge in [-0.1, -0.05) is 55.0 Å². The van der Waals surface area contributed by atoms with E-state index < -0.39 is 35.6 Å². The van der Waals surface area contributed by atoms with E-state index in [4.69, 9.17) is 0 Å². The van der Waals surface area contributed by atoms with Crippen LogP contribution in [0.1, 0.15) is 32.1 Å². The molecule has 0 spiro atoms. The van der Waals surface area contributed by atoms with E-state index in [0.717, 1.165) is 0 Å². The first-order valence-electron chi connectivity index (χ1n) is 10.0. The maximum atomic E-state index is 13.9. The van der Waals surface area contributed by atoms with Gasteiger partial charge in [0.1, 0.15) is 4.75 Å². The van der Waals surface area contributed by atoms with Crippen molar-refractivity contribution in [2.24, 2.45) is 5.92 Å². The van der Waals surface area contributed by atoms with Gasteiger partial charge >= 0.3 is 0 Å². The first-order valence-corrected chi connectivity index (χ1v) is 13.1. The van der Waals surface area contributed by atoms with Crippen molar-refractivity contribution >= 4 is 25.5 Å². The quantitative estimate of drug-likeness (QED) is 0.671. The monoisotopic (exact) mass is 444 g/mol. The summed E-state index contributed by atoms with van der Waals surface area (Å²) < 4.78 is 53.0. The molecule has 4 rings (SSSR count). The van der Waals surface area contributed by atoms with Crippen LogP contribution >= 0.6 is 0 Å². The number of benzene rings is 2. The molecule has 3 atom stereocenters. The van der Waals surface area contributed by atoms with E-state index in [9.17, 15) is 21.6 Å². The van der Waals surface area contributed by atoms with Crippen LogP contribution in [0.25, 0.3) is 0 Å². The second kappa shape index (κ2) is 7.46. The highest BCUT2D eigenvalue weighted by Crippen LogP contribution is 2.54. The summed E-state index contributed by atoms with van der Waals surface area (Å²) in [5, 5.41) is -1.10. The summed E-state index contributed by atoms with van der Waals surface area (Å²) in [7, 11) is -8.01. The molecule has 0 saturated heterocycles. The van der Waals surface area contributed by atoms with Gasteiger partial charge in [-0.2, -0.15) is 0 Å². The molecule has 2 fully saturated rings. The molecule has 0 amide bonds. The van der Waals surface area contributed by atoms with Gasteiger partial charge < -0.3 is 0 Å². The zero-order valence-corrected chi connectivity index (χ0v) is 18.2. The predicted molar refractivity (Wildman–Crippen MR) is 114 cm³/mol. The van der Waals surface area contributed by atoms with Crippen molar-refractivity contribution in [3.63, 3.8) is 0 Å². The summed E-state index contributed by atoms with van der Waals surface area (Å²) in [6.45, 7) is 3.97. The van der Waals surface area contributed by atoms with E-state index in [1.54, 1.807) is 36.4 Å². The Hall–Kier alpha value is -2.25. The smallest absolute Gasteiger partial charge is 0.191 e. The topological polar surface area (TPSA) is 85.3 Å². The van der Waals surface area contributed by atoms with Crippen molar-refractivity contribution in [1.29, 1.82) is 0 Å². The molecule has 2 aromatic rings. The Labute approximate surface area is 177 Å². The number of sulfone groups is 2. The number of hydrogen-bond donors (Lipinski definition) is 0. The first-order chi connectivity index (χ1) is 14.2. The molecule has 5 nitrogen and oxygen atoms in total. The number of carbonyl (C=O) groups excluding carboxylic acids is 1. The molecule has 30 heavy (non-hydrogen) atoms. The molecule has 0 unspecified atom stereocenters. The van der Waals surface area contributed by atoms with Crippen LogP contribution in [0.3, 0.4) is 0 Å². The Morgan fingerprint density at radius 1 is 0.833 bits per heavy atom. The maximum absolute atomic E-state index is 13.9. The zero-order chi connectivity index (χ0) is 21.6. The van der Waals surface area contributed by atoms with Gasteiger partial charge in [-0.05, 0) is 43.5 Å². The second-order valence-corrected chi connectivity index (χ2v) is 12.4. The summed E-state index contributed by atoms with van der Waals surface area (Å²) >= 11 is 0. The SMILES string of the molecule is C=C1C[C@@]2(S(=O)(=O)c3ccccc3)C(=O)CCCC[C@@H]2[C@@H]1S(=O)(=O)c1ccccc1. The van der Waals surface area contributed by atoms with Crippen LogP contribution in [0.5, 0.6) is 0 Å². The normalized spacial score (nSPS) is 27.5. The summed E-state index contributed by atoms with van der Waals surface area (Å²) in [5.74, 6) is -1.24. The third kappa shape index (κ3) is 2.98. The average molecular weight is 445 g/mol. The van der Waals surface area contributed by atoms with Crippen molar-refractivity contribution in [1.82, 2.24) is 0 Å². The molecule has 0 radical (unpaired) electrons. The Morgan fingerprint density at radius 3 is 2.00 bits per heavy atom. The number of fused-ring (bicyclic) bond motifs is 1. The summed E-state index contributed by atoms with van der Waals surface area (Å²) in [6, 6.07) is 15.9. The predicted octanol–water partition coefficient (Wildman–Crippen LogP) is 3.76.